The quantitative estimate of drug-likeness (QED) is 0.551. The highest BCUT2D eigenvalue weighted by Crippen LogP contribution is 2.35. The molecule has 0 aromatic carbocycles. The van der Waals surface area contributed by atoms with Gasteiger partial charge in [-0.2, -0.15) is 0 Å². The van der Waals surface area contributed by atoms with Crippen LogP contribution >= 0.6 is 0 Å². The van der Waals surface area contributed by atoms with E-state index >= 15 is 0 Å². The Labute approximate surface area is 74.7 Å². The number of hydrogen-bond donors (Lipinski definition) is 0. The van der Waals surface area contributed by atoms with E-state index in [0.717, 1.165) is 11.8 Å². The first-order chi connectivity index (χ1) is 5.92. The number of rotatable bonds is 1. The third-order valence-corrected chi connectivity index (χ3v) is 3.05. The van der Waals surface area contributed by atoms with Crippen LogP contribution in [0, 0.1) is 11.8 Å². The van der Waals surface area contributed by atoms with Crippen molar-refractivity contribution >= 4 is 0 Å². The molecule has 2 rings (SSSR count). The van der Waals surface area contributed by atoms with Crippen molar-refractivity contribution in [2.24, 2.45) is 11.8 Å². The van der Waals surface area contributed by atoms with Crippen LogP contribution in [0.1, 0.15) is 26.2 Å². The molecule has 0 N–H and O–H groups in total. The van der Waals surface area contributed by atoms with E-state index in [0.29, 0.717) is 0 Å². The first kappa shape index (κ1) is 7.85. The lowest BCUT2D eigenvalue weighted by atomic mass is 9.75. The molecule has 0 bridgehead atoms. The van der Waals surface area contributed by atoms with Gasteiger partial charge in [-0.25, -0.2) is 0 Å². The predicted octanol–water partition coefficient (Wildman–Crippen LogP) is 3.48. The van der Waals surface area contributed by atoms with Crippen LogP contribution < -0.4 is 0 Å². The molecule has 0 saturated heterocycles. The molecule has 0 heterocycles. The Bertz CT molecular complexity index is 243. The van der Waals surface area contributed by atoms with Crippen LogP contribution in [0.5, 0.6) is 0 Å². The van der Waals surface area contributed by atoms with Gasteiger partial charge in [0.15, 0.2) is 0 Å². The van der Waals surface area contributed by atoms with Gasteiger partial charge >= 0.3 is 0 Å². The number of fused-ring (bicyclic) bond motifs is 1. The third-order valence-electron chi connectivity index (χ3n) is 3.05. The molecule has 0 spiro atoms. The van der Waals surface area contributed by atoms with Crippen LogP contribution in [0.2, 0.25) is 0 Å². The molecule has 0 amide bonds. The third kappa shape index (κ3) is 1.26. The normalized spacial score (nSPS) is 32.9. The molecule has 0 radical (unpaired) electrons. The summed E-state index contributed by atoms with van der Waals surface area (Å²) in [6.07, 6.45) is 15.4. The van der Waals surface area contributed by atoms with Crippen molar-refractivity contribution in [1.29, 1.82) is 0 Å². The van der Waals surface area contributed by atoms with E-state index in [2.05, 4.69) is 37.3 Å². The first-order valence-corrected chi connectivity index (χ1v) is 4.96. The highest BCUT2D eigenvalue weighted by molar-refractivity contribution is 5.34. The van der Waals surface area contributed by atoms with Gasteiger partial charge in [0.25, 0.3) is 0 Å². The summed E-state index contributed by atoms with van der Waals surface area (Å²) in [5.41, 5.74) is 1.55. The molecule has 0 saturated carbocycles. The maximum atomic E-state index is 2.40. The Hall–Kier alpha value is -0.780. The minimum absolute atomic E-state index is 0.730. The van der Waals surface area contributed by atoms with Gasteiger partial charge in [-0.3, -0.25) is 0 Å². The number of hydrogen-bond acceptors (Lipinski definition) is 0. The van der Waals surface area contributed by atoms with Crippen molar-refractivity contribution in [1.82, 2.24) is 0 Å². The Kier molecular flexibility index (Phi) is 2.16. The van der Waals surface area contributed by atoms with Crippen LogP contribution in [-0.4, -0.2) is 0 Å². The van der Waals surface area contributed by atoms with Gasteiger partial charge < -0.3 is 0 Å². The van der Waals surface area contributed by atoms with Crippen molar-refractivity contribution in [3.8, 4) is 0 Å². The topological polar surface area (TPSA) is 0 Å². The second-order valence-electron chi connectivity index (χ2n) is 3.72. The summed E-state index contributed by atoms with van der Waals surface area (Å²) in [7, 11) is 0. The van der Waals surface area contributed by atoms with Crippen LogP contribution in [-0.2, 0) is 0 Å². The lowest BCUT2D eigenvalue weighted by Gasteiger charge is -2.29. The number of allylic oxidation sites excluding steroid dienone is 6. The highest BCUT2D eigenvalue weighted by atomic mass is 14.3. The molecule has 0 fully saturated rings. The smallest absolute Gasteiger partial charge is 0.00462 e. The summed E-state index contributed by atoms with van der Waals surface area (Å²) < 4.78 is 0. The fourth-order valence-electron chi connectivity index (χ4n) is 2.31. The zero-order chi connectivity index (χ0) is 8.39. The molecule has 2 atom stereocenters. The van der Waals surface area contributed by atoms with Gasteiger partial charge in [-0.05, 0) is 24.3 Å². The van der Waals surface area contributed by atoms with Gasteiger partial charge in [-0.1, -0.05) is 43.7 Å². The first-order valence-electron chi connectivity index (χ1n) is 4.96. The standard InChI is InChI=1S/C12H16/c1-2-10-7-5-8-11-6-3-4-9-12(10)11/h3-4,6,8-10,12H,2,5,7H2,1H3/t10-,12?/m0/s1. The Morgan fingerprint density at radius 2 is 2.33 bits per heavy atom. The average molecular weight is 160 g/mol. The maximum absolute atomic E-state index is 2.40. The summed E-state index contributed by atoms with van der Waals surface area (Å²) in [6, 6.07) is 0. The highest BCUT2D eigenvalue weighted by Gasteiger charge is 2.23. The van der Waals surface area contributed by atoms with Crippen LogP contribution in [0.4, 0.5) is 0 Å². The molecule has 0 heteroatoms. The predicted molar refractivity (Wildman–Crippen MR) is 52.9 cm³/mol. The van der Waals surface area contributed by atoms with Crippen LogP contribution in [0.15, 0.2) is 36.0 Å². The maximum Gasteiger partial charge on any atom is 0.00462 e. The molecule has 0 aromatic rings. The van der Waals surface area contributed by atoms with E-state index in [1.165, 1.54) is 19.3 Å². The van der Waals surface area contributed by atoms with Gasteiger partial charge in [0.2, 0.25) is 0 Å². The van der Waals surface area contributed by atoms with Crippen molar-refractivity contribution in [2.75, 3.05) is 0 Å². The lowest BCUT2D eigenvalue weighted by Crippen LogP contribution is -2.18. The Balaban J connectivity index is 2.23. The Morgan fingerprint density at radius 1 is 1.42 bits per heavy atom. The SMILES string of the molecule is CC[C@H]1CCC=C2C=CC=CC21. The van der Waals surface area contributed by atoms with Gasteiger partial charge in [0.1, 0.15) is 0 Å². The Morgan fingerprint density at radius 3 is 3.17 bits per heavy atom. The van der Waals surface area contributed by atoms with Gasteiger partial charge in [-0.15, -0.1) is 0 Å². The molecular weight excluding hydrogens is 144 g/mol. The molecule has 1 unspecified atom stereocenters. The summed E-state index contributed by atoms with van der Waals surface area (Å²) >= 11 is 0. The second-order valence-corrected chi connectivity index (χ2v) is 3.72. The molecule has 64 valence electrons. The molecule has 0 aliphatic heterocycles. The van der Waals surface area contributed by atoms with E-state index in [1.54, 1.807) is 5.57 Å². The summed E-state index contributed by atoms with van der Waals surface area (Å²) in [6.45, 7) is 2.31. The average Bonchev–Trinajstić information content (AvgIpc) is 2.17. The summed E-state index contributed by atoms with van der Waals surface area (Å²) in [4.78, 5) is 0. The zero-order valence-corrected chi connectivity index (χ0v) is 7.66. The molecule has 12 heavy (non-hydrogen) atoms. The second kappa shape index (κ2) is 3.30. The van der Waals surface area contributed by atoms with Crippen molar-refractivity contribution in [2.45, 2.75) is 26.2 Å². The van der Waals surface area contributed by atoms with Crippen molar-refractivity contribution < 1.29 is 0 Å². The van der Waals surface area contributed by atoms with Gasteiger partial charge in [0.05, 0.1) is 0 Å². The molecular formula is C12H16. The lowest BCUT2D eigenvalue weighted by molar-refractivity contribution is 0.383. The fourth-order valence-corrected chi connectivity index (χ4v) is 2.31. The molecule has 0 nitrogen and oxygen atoms in total. The molecule has 2 aliphatic carbocycles. The zero-order valence-electron chi connectivity index (χ0n) is 7.66. The molecule has 2 aliphatic rings. The van der Waals surface area contributed by atoms with E-state index in [4.69, 9.17) is 0 Å². The van der Waals surface area contributed by atoms with Crippen LogP contribution in [0.25, 0.3) is 0 Å². The van der Waals surface area contributed by atoms with E-state index in [1.807, 2.05) is 0 Å². The largest absolute Gasteiger partial charge is 0.0807 e. The van der Waals surface area contributed by atoms with Crippen molar-refractivity contribution in [3.05, 3.63) is 36.0 Å². The van der Waals surface area contributed by atoms with Crippen LogP contribution in [0.3, 0.4) is 0 Å². The van der Waals surface area contributed by atoms with E-state index in [-0.39, 0.29) is 0 Å². The summed E-state index contributed by atoms with van der Waals surface area (Å²) in [5, 5.41) is 0. The van der Waals surface area contributed by atoms with E-state index in [9.17, 15) is 0 Å². The van der Waals surface area contributed by atoms with Gasteiger partial charge in [0, 0.05) is 5.92 Å². The minimum Gasteiger partial charge on any atom is -0.0807 e. The monoisotopic (exact) mass is 160 g/mol. The van der Waals surface area contributed by atoms with Crippen molar-refractivity contribution in [3.63, 3.8) is 0 Å². The fraction of sp³-hybridized carbons (Fsp3) is 0.500. The molecule has 0 aromatic heterocycles. The van der Waals surface area contributed by atoms with E-state index < -0.39 is 0 Å². The summed E-state index contributed by atoms with van der Waals surface area (Å²) in [5.74, 6) is 1.62. The minimum atomic E-state index is 0.730.